The lowest BCUT2D eigenvalue weighted by Crippen LogP contribution is -2.42. The Morgan fingerprint density at radius 2 is 2.11 bits per heavy atom. The van der Waals surface area contributed by atoms with Crippen LogP contribution in [-0.4, -0.2) is 13.2 Å². The quantitative estimate of drug-likeness (QED) is 0.928. The highest BCUT2D eigenvalue weighted by molar-refractivity contribution is 9.11. The number of fused-ring (bicyclic) bond motifs is 1. The molecule has 0 bridgehead atoms. The van der Waals surface area contributed by atoms with Gasteiger partial charge in [0.2, 0.25) is 0 Å². The maximum atomic E-state index is 6.06. The maximum Gasteiger partial charge on any atom is 0.122 e. The predicted molar refractivity (Wildman–Crippen MR) is 82.9 cm³/mol. The first-order valence-electron chi connectivity index (χ1n) is 6.36. The second-order valence-corrected chi connectivity index (χ2v) is 7.71. The average Bonchev–Trinajstić information content (AvgIpc) is 2.84. The summed E-state index contributed by atoms with van der Waals surface area (Å²) < 4.78 is 7.10. The summed E-state index contributed by atoms with van der Waals surface area (Å²) in [5.74, 6) is 1.01. The van der Waals surface area contributed by atoms with Crippen molar-refractivity contribution in [1.29, 1.82) is 0 Å². The van der Waals surface area contributed by atoms with Crippen molar-refractivity contribution in [2.24, 2.45) is 11.1 Å². The van der Waals surface area contributed by atoms with Crippen molar-refractivity contribution in [3.05, 3.63) is 50.6 Å². The molecule has 2 heterocycles. The van der Waals surface area contributed by atoms with Gasteiger partial charge >= 0.3 is 0 Å². The Balaban J connectivity index is 1.85. The Bertz CT molecular complexity index is 583. The van der Waals surface area contributed by atoms with Crippen LogP contribution in [0.2, 0.25) is 0 Å². The highest BCUT2D eigenvalue weighted by Crippen LogP contribution is 2.38. The van der Waals surface area contributed by atoms with Crippen molar-refractivity contribution in [3.8, 4) is 5.75 Å². The van der Waals surface area contributed by atoms with Crippen molar-refractivity contribution in [3.63, 3.8) is 0 Å². The van der Waals surface area contributed by atoms with Crippen LogP contribution < -0.4 is 10.5 Å². The molecule has 0 amide bonds. The molecule has 2 nitrogen and oxygen atoms in total. The first-order chi connectivity index (χ1) is 9.21. The van der Waals surface area contributed by atoms with Gasteiger partial charge < -0.3 is 10.5 Å². The lowest BCUT2D eigenvalue weighted by atomic mass is 9.77. The maximum absolute atomic E-state index is 6.06. The van der Waals surface area contributed by atoms with Gasteiger partial charge in [0.15, 0.2) is 0 Å². The van der Waals surface area contributed by atoms with E-state index in [1.807, 2.05) is 12.1 Å². The predicted octanol–water partition coefficient (Wildman–Crippen LogP) is 3.63. The largest absolute Gasteiger partial charge is 0.493 e. The summed E-state index contributed by atoms with van der Waals surface area (Å²) in [5.41, 5.74) is 7.36. The molecule has 0 fully saturated rings. The zero-order valence-corrected chi connectivity index (χ0v) is 13.0. The Kier molecular flexibility index (Phi) is 3.65. The van der Waals surface area contributed by atoms with Crippen LogP contribution in [0.15, 0.2) is 40.2 Å². The van der Waals surface area contributed by atoms with E-state index in [4.69, 9.17) is 10.5 Å². The molecule has 1 aromatic carbocycles. The first kappa shape index (κ1) is 13.2. The molecule has 4 heteroatoms. The van der Waals surface area contributed by atoms with Gasteiger partial charge in [0.25, 0.3) is 0 Å². The van der Waals surface area contributed by atoms with Crippen LogP contribution >= 0.6 is 27.3 Å². The van der Waals surface area contributed by atoms with E-state index in [1.54, 1.807) is 11.3 Å². The molecule has 0 aliphatic carbocycles. The Morgan fingerprint density at radius 1 is 1.26 bits per heavy atom. The monoisotopic (exact) mass is 337 g/mol. The summed E-state index contributed by atoms with van der Waals surface area (Å²) in [6.45, 7) is 1.35. The Morgan fingerprint density at radius 3 is 2.84 bits per heavy atom. The van der Waals surface area contributed by atoms with E-state index in [-0.39, 0.29) is 5.41 Å². The van der Waals surface area contributed by atoms with Gasteiger partial charge in [-0.25, -0.2) is 0 Å². The summed E-state index contributed by atoms with van der Waals surface area (Å²) in [5, 5.41) is 0. The molecule has 2 N–H and O–H groups in total. The van der Waals surface area contributed by atoms with Gasteiger partial charge in [-0.05, 0) is 52.5 Å². The Hall–Kier alpha value is -0.840. The molecule has 0 radical (unpaired) electrons. The molecular weight excluding hydrogens is 322 g/mol. The molecule has 19 heavy (non-hydrogen) atoms. The van der Waals surface area contributed by atoms with E-state index in [1.165, 1.54) is 14.2 Å². The van der Waals surface area contributed by atoms with Gasteiger partial charge in [-0.2, -0.15) is 0 Å². The van der Waals surface area contributed by atoms with Crippen molar-refractivity contribution < 1.29 is 4.74 Å². The first-order valence-corrected chi connectivity index (χ1v) is 7.97. The van der Waals surface area contributed by atoms with E-state index in [9.17, 15) is 0 Å². The number of ether oxygens (including phenoxy) is 1. The second kappa shape index (κ2) is 5.27. The van der Waals surface area contributed by atoms with E-state index in [0.29, 0.717) is 13.2 Å². The zero-order chi connectivity index (χ0) is 13.3. The van der Waals surface area contributed by atoms with E-state index in [2.05, 4.69) is 40.2 Å². The number of benzene rings is 1. The molecular formula is C15H16BrNOS. The molecule has 1 unspecified atom stereocenters. The fourth-order valence-corrected chi connectivity index (χ4v) is 4.27. The highest BCUT2D eigenvalue weighted by Gasteiger charge is 2.35. The lowest BCUT2D eigenvalue weighted by molar-refractivity contribution is 0.127. The minimum atomic E-state index is 0.0264. The summed E-state index contributed by atoms with van der Waals surface area (Å²) in [6.07, 6.45) is 1.98. The highest BCUT2D eigenvalue weighted by atomic mass is 79.9. The second-order valence-electron chi connectivity index (χ2n) is 5.16. The number of thiophene rings is 1. The Labute approximate surface area is 125 Å². The molecule has 0 saturated carbocycles. The minimum absolute atomic E-state index is 0.0264. The van der Waals surface area contributed by atoms with Crippen LogP contribution in [0.3, 0.4) is 0 Å². The number of halogens is 1. The zero-order valence-electron chi connectivity index (χ0n) is 10.6. The van der Waals surface area contributed by atoms with Crippen LogP contribution in [0.4, 0.5) is 0 Å². The van der Waals surface area contributed by atoms with Crippen molar-refractivity contribution in [2.75, 3.05) is 13.2 Å². The van der Waals surface area contributed by atoms with E-state index in [0.717, 1.165) is 18.6 Å². The summed E-state index contributed by atoms with van der Waals surface area (Å²) in [4.78, 5) is 1.36. The molecule has 2 aromatic rings. The number of para-hydroxylation sites is 1. The van der Waals surface area contributed by atoms with Crippen LogP contribution in [0.1, 0.15) is 10.4 Å². The van der Waals surface area contributed by atoms with Crippen LogP contribution in [-0.2, 0) is 12.8 Å². The van der Waals surface area contributed by atoms with E-state index >= 15 is 0 Å². The van der Waals surface area contributed by atoms with Crippen molar-refractivity contribution in [1.82, 2.24) is 0 Å². The smallest absolute Gasteiger partial charge is 0.122 e. The normalized spacial score (nSPS) is 21.8. The standard InChI is InChI=1S/C15H16BrNOS/c16-14-6-5-12(19-14)8-15(9-17)7-11-3-1-2-4-13(11)18-10-15/h1-6H,7-10,17H2. The fraction of sp³-hybridized carbons (Fsp3) is 0.333. The summed E-state index contributed by atoms with van der Waals surface area (Å²) in [7, 11) is 0. The van der Waals surface area contributed by atoms with Crippen LogP contribution in [0, 0.1) is 5.41 Å². The molecule has 1 aromatic heterocycles. The number of hydrogen-bond donors (Lipinski definition) is 1. The molecule has 100 valence electrons. The SMILES string of the molecule is NCC1(Cc2ccc(Br)s2)COc2ccccc2C1. The number of hydrogen-bond acceptors (Lipinski definition) is 3. The van der Waals surface area contributed by atoms with Gasteiger partial charge in [-0.3, -0.25) is 0 Å². The molecule has 3 rings (SSSR count). The third kappa shape index (κ3) is 2.71. The summed E-state index contributed by atoms with van der Waals surface area (Å²) in [6, 6.07) is 12.5. The van der Waals surface area contributed by atoms with Gasteiger partial charge in [0.1, 0.15) is 5.75 Å². The third-order valence-corrected chi connectivity index (χ3v) is 5.31. The van der Waals surface area contributed by atoms with E-state index < -0.39 is 0 Å². The van der Waals surface area contributed by atoms with Gasteiger partial charge in [0.05, 0.1) is 10.4 Å². The molecule has 0 saturated heterocycles. The molecule has 1 aliphatic heterocycles. The summed E-state index contributed by atoms with van der Waals surface area (Å²) >= 11 is 5.30. The third-order valence-electron chi connectivity index (χ3n) is 3.68. The van der Waals surface area contributed by atoms with Crippen molar-refractivity contribution >= 4 is 27.3 Å². The van der Waals surface area contributed by atoms with Crippen LogP contribution in [0.25, 0.3) is 0 Å². The lowest BCUT2D eigenvalue weighted by Gasteiger charge is -2.36. The van der Waals surface area contributed by atoms with Crippen molar-refractivity contribution in [2.45, 2.75) is 12.8 Å². The van der Waals surface area contributed by atoms with Crippen LogP contribution in [0.5, 0.6) is 5.75 Å². The van der Waals surface area contributed by atoms with Gasteiger partial charge in [-0.15, -0.1) is 11.3 Å². The molecule has 1 aliphatic rings. The number of nitrogens with two attached hydrogens (primary N) is 1. The molecule has 1 atom stereocenters. The number of rotatable bonds is 3. The average molecular weight is 338 g/mol. The molecule has 0 spiro atoms. The minimum Gasteiger partial charge on any atom is -0.493 e. The fourth-order valence-electron chi connectivity index (χ4n) is 2.61. The topological polar surface area (TPSA) is 35.2 Å². The van der Waals surface area contributed by atoms with Gasteiger partial charge in [-0.1, -0.05) is 18.2 Å². The van der Waals surface area contributed by atoms with Gasteiger partial charge in [0, 0.05) is 16.8 Å².